The van der Waals surface area contributed by atoms with Gasteiger partial charge in [0.25, 0.3) is 0 Å². The number of amides is 2. The molecule has 3 N–H and O–H groups in total. The Morgan fingerprint density at radius 2 is 2.10 bits per heavy atom. The first-order valence-electron chi connectivity index (χ1n) is 7.06. The van der Waals surface area contributed by atoms with Crippen molar-refractivity contribution in [2.24, 2.45) is 5.92 Å². The molecule has 0 heterocycles. The maximum atomic E-state index is 11.6. The second-order valence-corrected chi connectivity index (χ2v) is 5.20. The number of anilines is 1. The average Bonchev–Trinajstić information content (AvgIpc) is 3.23. The van der Waals surface area contributed by atoms with Gasteiger partial charge in [0.05, 0.1) is 12.7 Å². The smallest absolute Gasteiger partial charge is 0.319 e. The molecule has 1 unspecified atom stereocenters. The van der Waals surface area contributed by atoms with E-state index in [0.717, 1.165) is 18.1 Å². The van der Waals surface area contributed by atoms with E-state index in [1.54, 1.807) is 31.2 Å². The molecule has 2 amide bonds. The third-order valence-electron chi connectivity index (χ3n) is 3.23. The van der Waals surface area contributed by atoms with Crippen LogP contribution in [0.2, 0.25) is 0 Å². The van der Waals surface area contributed by atoms with Gasteiger partial charge in [0.2, 0.25) is 0 Å². The third kappa shape index (κ3) is 5.19. The summed E-state index contributed by atoms with van der Waals surface area (Å²) in [7, 11) is 0. The molecule has 0 aliphatic heterocycles. The van der Waals surface area contributed by atoms with E-state index in [2.05, 4.69) is 10.6 Å². The van der Waals surface area contributed by atoms with E-state index in [1.807, 2.05) is 0 Å². The summed E-state index contributed by atoms with van der Waals surface area (Å²) in [6.45, 7) is 3.57. The van der Waals surface area contributed by atoms with Gasteiger partial charge in [-0.15, -0.1) is 0 Å². The summed E-state index contributed by atoms with van der Waals surface area (Å²) in [6, 6.07) is 6.87. The van der Waals surface area contributed by atoms with Crippen molar-refractivity contribution in [1.82, 2.24) is 5.32 Å². The fourth-order valence-corrected chi connectivity index (χ4v) is 1.79. The molecular formula is C15H22N2O3. The number of urea groups is 1. The first-order valence-corrected chi connectivity index (χ1v) is 7.06. The van der Waals surface area contributed by atoms with Gasteiger partial charge in [-0.1, -0.05) is 12.1 Å². The van der Waals surface area contributed by atoms with Crippen LogP contribution in [0.5, 0.6) is 0 Å². The van der Waals surface area contributed by atoms with E-state index in [0.29, 0.717) is 18.8 Å². The summed E-state index contributed by atoms with van der Waals surface area (Å²) in [5.41, 5.74) is 1.52. The SMILES string of the molecule is CC(O)c1ccc(NC(=O)NCCOCC2CC2)cc1. The van der Waals surface area contributed by atoms with Gasteiger partial charge in [0.15, 0.2) is 0 Å². The van der Waals surface area contributed by atoms with Crippen molar-refractivity contribution >= 4 is 11.7 Å². The van der Waals surface area contributed by atoms with Crippen molar-refractivity contribution in [2.75, 3.05) is 25.1 Å². The largest absolute Gasteiger partial charge is 0.389 e. The number of hydrogen-bond acceptors (Lipinski definition) is 3. The number of aliphatic hydroxyl groups is 1. The number of benzene rings is 1. The number of nitrogens with one attached hydrogen (secondary N) is 2. The van der Waals surface area contributed by atoms with Crippen LogP contribution in [-0.4, -0.2) is 30.9 Å². The first-order chi connectivity index (χ1) is 9.65. The minimum absolute atomic E-state index is 0.246. The zero-order chi connectivity index (χ0) is 14.4. The lowest BCUT2D eigenvalue weighted by molar-refractivity contribution is 0.127. The van der Waals surface area contributed by atoms with E-state index in [1.165, 1.54) is 12.8 Å². The van der Waals surface area contributed by atoms with Gasteiger partial charge in [-0.25, -0.2) is 4.79 Å². The fraction of sp³-hybridized carbons (Fsp3) is 0.533. The van der Waals surface area contributed by atoms with Crippen molar-refractivity contribution < 1.29 is 14.6 Å². The second-order valence-electron chi connectivity index (χ2n) is 5.20. The summed E-state index contributed by atoms with van der Waals surface area (Å²) >= 11 is 0. The van der Waals surface area contributed by atoms with Gasteiger partial charge in [-0.3, -0.25) is 0 Å². The number of carbonyl (C=O) groups excluding carboxylic acids is 1. The van der Waals surface area contributed by atoms with Gasteiger partial charge in [0.1, 0.15) is 0 Å². The topological polar surface area (TPSA) is 70.6 Å². The highest BCUT2D eigenvalue weighted by Gasteiger charge is 2.20. The predicted molar refractivity (Wildman–Crippen MR) is 77.6 cm³/mol. The number of hydrogen-bond donors (Lipinski definition) is 3. The Bertz CT molecular complexity index is 427. The van der Waals surface area contributed by atoms with Gasteiger partial charge in [0, 0.05) is 18.8 Å². The first kappa shape index (κ1) is 14.8. The molecule has 1 saturated carbocycles. The molecule has 0 spiro atoms. The van der Waals surface area contributed by atoms with Crippen molar-refractivity contribution in [3.05, 3.63) is 29.8 Å². The van der Waals surface area contributed by atoms with E-state index < -0.39 is 6.10 Å². The third-order valence-corrected chi connectivity index (χ3v) is 3.23. The molecule has 1 fully saturated rings. The monoisotopic (exact) mass is 278 g/mol. The lowest BCUT2D eigenvalue weighted by atomic mass is 10.1. The fourth-order valence-electron chi connectivity index (χ4n) is 1.79. The zero-order valence-corrected chi connectivity index (χ0v) is 11.8. The average molecular weight is 278 g/mol. The van der Waals surface area contributed by atoms with E-state index in [4.69, 9.17) is 4.74 Å². The molecular weight excluding hydrogens is 256 g/mol. The Morgan fingerprint density at radius 1 is 1.40 bits per heavy atom. The summed E-state index contributed by atoms with van der Waals surface area (Å²) in [5, 5.41) is 14.9. The van der Waals surface area contributed by atoms with E-state index in [9.17, 15) is 9.90 Å². The Hall–Kier alpha value is -1.59. The van der Waals surface area contributed by atoms with E-state index in [-0.39, 0.29) is 6.03 Å². The van der Waals surface area contributed by atoms with Crippen LogP contribution in [0.1, 0.15) is 31.4 Å². The van der Waals surface area contributed by atoms with Crippen LogP contribution in [0.25, 0.3) is 0 Å². The van der Waals surface area contributed by atoms with Gasteiger partial charge in [-0.2, -0.15) is 0 Å². The number of ether oxygens (including phenoxy) is 1. The molecule has 0 aromatic heterocycles. The summed E-state index contributed by atoms with van der Waals surface area (Å²) in [6.07, 6.45) is 2.05. The van der Waals surface area contributed by atoms with Gasteiger partial charge < -0.3 is 20.5 Å². The van der Waals surface area contributed by atoms with Crippen molar-refractivity contribution in [3.63, 3.8) is 0 Å². The Balaban J connectivity index is 1.62. The molecule has 1 aromatic carbocycles. The summed E-state index contributed by atoms with van der Waals surface area (Å²) in [4.78, 5) is 11.6. The molecule has 1 aromatic rings. The number of rotatable bonds is 7. The van der Waals surface area contributed by atoms with Crippen molar-refractivity contribution in [3.8, 4) is 0 Å². The minimum atomic E-state index is -0.499. The van der Waals surface area contributed by atoms with Crippen LogP contribution in [0, 0.1) is 5.92 Å². The Kier molecular flexibility index (Phi) is 5.38. The van der Waals surface area contributed by atoms with Crippen LogP contribution in [0.3, 0.4) is 0 Å². The minimum Gasteiger partial charge on any atom is -0.389 e. The van der Waals surface area contributed by atoms with Crippen LogP contribution in [-0.2, 0) is 4.74 Å². The van der Waals surface area contributed by atoms with Crippen LogP contribution < -0.4 is 10.6 Å². The predicted octanol–water partition coefficient (Wildman–Crippen LogP) is 2.29. The molecule has 0 saturated heterocycles. The molecule has 110 valence electrons. The summed E-state index contributed by atoms with van der Waals surface area (Å²) < 4.78 is 5.43. The zero-order valence-electron chi connectivity index (χ0n) is 11.8. The standard InChI is InChI=1S/C15H22N2O3/c1-11(18)13-4-6-14(7-5-13)17-15(19)16-8-9-20-10-12-2-3-12/h4-7,11-12,18H,2-3,8-10H2,1H3,(H2,16,17,19). The number of carbonyl (C=O) groups is 1. The highest BCUT2D eigenvalue weighted by molar-refractivity contribution is 5.89. The molecule has 20 heavy (non-hydrogen) atoms. The second kappa shape index (κ2) is 7.26. The molecule has 1 aliphatic carbocycles. The lowest BCUT2D eigenvalue weighted by Crippen LogP contribution is -2.31. The lowest BCUT2D eigenvalue weighted by Gasteiger charge is -2.09. The normalized spacial score (nSPS) is 15.7. The molecule has 5 heteroatoms. The van der Waals surface area contributed by atoms with Crippen molar-refractivity contribution in [2.45, 2.75) is 25.9 Å². The van der Waals surface area contributed by atoms with Crippen LogP contribution in [0.15, 0.2) is 24.3 Å². The van der Waals surface area contributed by atoms with Crippen molar-refractivity contribution in [1.29, 1.82) is 0 Å². The molecule has 1 aliphatic rings. The van der Waals surface area contributed by atoms with Crippen LogP contribution in [0.4, 0.5) is 10.5 Å². The maximum absolute atomic E-state index is 11.6. The highest BCUT2D eigenvalue weighted by Crippen LogP contribution is 2.28. The van der Waals surface area contributed by atoms with E-state index >= 15 is 0 Å². The molecule has 1 atom stereocenters. The van der Waals surface area contributed by atoms with Crippen LogP contribution >= 0.6 is 0 Å². The molecule has 0 radical (unpaired) electrons. The highest BCUT2D eigenvalue weighted by atomic mass is 16.5. The quantitative estimate of drug-likeness (QED) is 0.670. The summed E-state index contributed by atoms with van der Waals surface area (Å²) in [5.74, 6) is 0.747. The maximum Gasteiger partial charge on any atom is 0.319 e. The van der Waals surface area contributed by atoms with Gasteiger partial charge >= 0.3 is 6.03 Å². The van der Waals surface area contributed by atoms with Gasteiger partial charge in [-0.05, 0) is 43.4 Å². The Morgan fingerprint density at radius 3 is 2.70 bits per heavy atom. The Labute approximate surface area is 119 Å². The number of aliphatic hydroxyl groups excluding tert-OH is 1. The molecule has 2 rings (SSSR count). The molecule has 0 bridgehead atoms. The molecule has 5 nitrogen and oxygen atoms in total.